The minimum absolute atomic E-state index is 0.176. The second-order valence-electron chi connectivity index (χ2n) is 9.50. The fraction of sp³-hybridized carbons (Fsp3) is 0.281. The maximum Gasteiger partial charge on any atom is 0.167 e. The van der Waals surface area contributed by atoms with Gasteiger partial charge in [-0.1, -0.05) is 106 Å². The average Bonchev–Trinajstić information content (AvgIpc) is 3.20. The van der Waals surface area contributed by atoms with Gasteiger partial charge in [-0.05, 0) is 35.4 Å². The molecule has 0 fully saturated rings. The van der Waals surface area contributed by atoms with Gasteiger partial charge in [0.15, 0.2) is 5.78 Å². The zero-order valence-electron chi connectivity index (χ0n) is 20.3. The van der Waals surface area contributed by atoms with E-state index in [1.54, 1.807) is 0 Å². The number of carbonyl (C=O) groups excluding carboxylic acids is 1. The molecule has 1 heterocycles. The monoisotopic (exact) mass is 447 g/mol. The zero-order valence-corrected chi connectivity index (χ0v) is 20.3. The van der Waals surface area contributed by atoms with Gasteiger partial charge in [0, 0.05) is 40.2 Å². The van der Waals surface area contributed by atoms with Crippen molar-refractivity contribution in [1.82, 2.24) is 4.57 Å². The lowest BCUT2D eigenvalue weighted by atomic mass is 9.94. The highest BCUT2D eigenvalue weighted by atomic mass is 16.1. The Morgan fingerprint density at radius 3 is 2.21 bits per heavy atom. The summed E-state index contributed by atoms with van der Waals surface area (Å²) in [4.78, 5) is 13.6. The van der Waals surface area contributed by atoms with E-state index in [0.717, 1.165) is 23.1 Å². The van der Waals surface area contributed by atoms with E-state index in [2.05, 4.69) is 73.0 Å². The molecule has 0 N–H and O–H groups in total. The number of benzene rings is 4. The minimum Gasteiger partial charge on any atom is -0.340 e. The first-order valence-corrected chi connectivity index (χ1v) is 12.7. The molecule has 34 heavy (non-hydrogen) atoms. The van der Waals surface area contributed by atoms with Crippen LogP contribution in [0.4, 0.5) is 0 Å². The van der Waals surface area contributed by atoms with Crippen LogP contribution in [0.3, 0.4) is 0 Å². The van der Waals surface area contributed by atoms with Gasteiger partial charge in [-0.15, -0.1) is 0 Å². The summed E-state index contributed by atoms with van der Waals surface area (Å²) in [5, 5.41) is 4.66. The van der Waals surface area contributed by atoms with Crippen LogP contribution in [-0.4, -0.2) is 10.4 Å². The first-order chi connectivity index (χ1) is 16.7. The molecule has 1 atom stereocenters. The largest absolute Gasteiger partial charge is 0.340 e. The summed E-state index contributed by atoms with van der Waals surface area (Å²) in [6, 6.07) is 29.4. The summed E-state index contributed by atoms with van der Waals surface area (Å²) in [6.45, 7) is 5.60. The smallest absolute Gasteiger partial charge is 0.167 e. The molecule has 172 valence electrons. The molecular formula is C32H33NO. The molecule has 2 nitrogen and oxygen atoms in total. The lowest BCUT2D eigenvalue weighted by molar-refractivity contribution is 0.0994. The molecule has 0 radical (unpaired) electrons. The maximum absolute atomic E-state index is 13.6. The van der Waals surface area contributed by atoms with Crippen LogP contribution in [0.1, 0.15) is 55.5 Å². The Morgan fingerprint density at radius 2 is 1.47 bits per heavy atom. The van der Waals surface area contributed by atoms with E-state index in [-0.39, 0.29) is 5.78 Å². The molecule has 0 amide bonds. The molecule has 2 heteroatoms. The standard InChI is InChI=1S/C32H33NO/c1-3-5-13-23(4-2)22-33-30-19-12-11-17-26(30)29-21-28(25-16-9-10-18-27(25)32(29)33)31(34)20-24-14-7-6-8-15-24/h6-12,14-19,21,23H,3-5,13,20,22H2,1-2H3. The van der Waals surface area contributed by atoms with Crippen LogP contribution in [-0.2, 0) is 13.0 Å². The van der Waals surface area contributed by atoms with Crippen molar-refractivity contribution in [2.24, 2.45) is 5.92 Å². The van der Waals surface area contributed by atoms with Gasteiger partial charge in [0.2, 0.25) is 0 Å². The molecule has 0 aliphatic rings. The van der Waals surface area contributed by atoms with Gasteiger partial charge in [-0.2, -0.15) is 0 Å². The fourth-order valence-electron chi connectivity index (χ4n) is 5.39. The first kappa shape index (κ1) is 22.4. The Labute approximate surface area is 202 Å². The van der Waals surface area contributed by atoms with Crippen LogP contribution in [0, 0.1) is 5.92 Å². The van der Waals surface area contributed by atoms with Gasteiger partial charge in [-0.25, -0.2) is 0 Å². The molecule has 5 rings (SSSR count). The van der Waals surface area contributed by atoms with Crippen LogP contribution in [0.5, 0.6) is 0 Å². The molecular weight excluding hydrogens is 414 g/mol. The number of Topliss-reactive ketones (excluding diaryl/α,β-unsaturated/α-hetero) is 1. The molecule has 0 saturated heterocycles. The number of ketones is 1. The van der Waals surface area contributed by atoms with Crippen molar-refractivity contribution >= 4 is 38.4 Å². The topological polar surface area (TPSA) is 22.0 Å². The van der Waals surface area contributed by atoms with E-state index in [1.165, 1.54) is 52.9 Å². The maximum atomic E-state index is 13.6. The van der Waals surface area contributed by atoms with E-state index in [0.29, 0.717) is 12.3 Å². The van der Waals surface area contributed by atoms with Crippen molar-refractivity contribution in [2.45, 2.75) is 52.5 Å². The summed E-state index contributed by atoms with van der Waals surface area (Å²) in [5.41, 5.74) is 4.42. The van der Waals surface area contributed by atoms with Gasteiger partial charge in [0.05, 0.1) is 5.52 Å². The molecule has 0 aliphatic carbocycles. The number of para-hydroxylation sites is 1. The van der Waals surface area contributed by atoms with Crippen molar-refractivity contribution in [3.63, 3.8) is 0 Å². The Bertz CT molecular complexity index is 1440. The Hall–Kier alpha value is -3.39. The van der Waals surface area contributed by atoms with E-state index >= 15 is 0 Å². The van der Waals surface area contributed by atoms with Gasteiger partial charge in [0.25, 0.3) is 0 Å². The van der Waals surface area contributed by atoms with E-state index in [4.69, 9.17) is 0 Å². The normalized spacial score (nSPS) is 12.5. The Kier molecular flexibility index (Phi) is 6.49. The summed E-state index contributed by atoms with van der Waals surface area (Å²) in [6.07, 6.45) is 5.37. The van der Waals surface area contributed by atoms with Crippen LogP contribution in [0.25, 0.3) is 32.6 Å². The van der Waals surface area contributed by atoms with Crippen molar-refractivity contribution < 1.29 is 4.79 Å². The molecule has 1 aromatic heterocycles. The van der Waals surface area contributed by atoms with Crippen LogP contribution >= 0.6 is 0 Å². The average molecular weight is 448 g/mol. The fourth-order valence-corrected chi connectivity index (χ4v) is 5.39. The van der Waals surface area contributed by atoms with Crippen LogP contribution in [0.2, 0.25) is 0 Å². The zero-order chi connectivity index (χ0) is 23.5. The number of aromatic nitrogens is 1. The highest BCUT2D eigenvalue weighted by Gasteiger charge is 2.20. The predicted octanol–water partition coefficient (Wildman–Crippen LogP) is 8.59. The number of rotatable bonds is 9. The van der Waals surface area contributed by atoms with Gasteiger partial charge >= 0.3 is 0 Å². The van der Waals surface area contributed by atoms with Gasteiger partial charge in [0.1, 0.15) is 0 Å². The van der Waals surface area contributed by atoms with Crippen molar-refractivity contribution in [1.29, 1.82) is 0 Å². The van der Waals surface area contributed by atoms with Crippen LogP contribution < -0.4 is 0 Å². The van der Waals surface area contributed by atoms with E-state index in [1.807, 2.05) is 30.3 Å². The van der Waals surface area contributed by atoms with Crippen molar-refractivity contribution in [3.8, 4) is 0 Å². The molecule has 1 unspecified atom stereocenters. The second-order valence-corrected chi connectivity index (χ2v) is 9.50. The summed E-state index contributed by atoms with van der Waals surface area (Å²) in [7, 11) is 0. The van der Waals surface area contributed by atoms with Gasteiger partial charge in [-0.3, -0.25) is 4.79 Å². The number of fused-ring (bicyclic) bond motifs is 5. The molecule has 0 bridgehead atoms. The molecule has 0 aliphatic heterocycles. The molecule has 0 spiro atoms. The quantitative estimate of drug-likeness (QED) is 0.207. The number of hydrogen-bond donors (Lipinski definition) is 0. The van der Waals surface area contributed by atoms with Crippen molar-refractivity contribution in [2.75, 3.05) is 0 Å². The lowest BCUT2D eigenvalue weighted by Crippen LogP contribution is -2.10. The number of unbranched alkanes of at least 4 members (excludes halogenated alkanes) is 1. The minimum atomic E-state index is 0.176. The summed E-state index contributed by atoms with van der Waals surface area (Å²) >= 11 is 0. The Morgan fingerprint density at radius 1 is 0.794 bits per heavy atom. The Balaban J connectivity index is 1.72. The summed E-state index contributed by atoms with van der Waals surface area (Å²) in [5.74, 6) is 0.826. The third-order valence-corrected chi connectivity index (χ3v) is 7.26. The molecule has 4 aromatic carbocycles. The SMILES string of the molecule is CCCCC(CC)Cn1c2ccccc2c2cc(C(=O)Cc3ccccc3)c3ccccc3c21. The van der Waals surface area contributed by atoms with E-state index < -0.39 is 0 Å². The second kappa shape index (κ2) is 9.85. The number of nitrogens with zero attached hydrogens (tertiary/aromatic N) is 1. The highest BCUT2D eigenvalue weighted by molar-refractivity contribution is 6.23. The number of hydrogen-bond acceptors (Lipinski definition) is 1. The predicted molar refractivity (Wildman–Crippen MR) is 145 cm³/mol. The van der Waals surface area contributed by atoms with Crippen molar-refractivity contribution in [3.05, 3.63) is 96.1 Å². The summed E-state index contributed by atoms with van der Waals surface area (Å²) < 4.78 is 2.53. The lowest BCUT2D eigenvalue weighted by Gasteiger charge is -2.18. The van der Waals surface area contributed by atoms with Crippen LogP contribution in [0.15, 0.2) is 84.9 Å². The highest BCUT2D eigenvalue weighted by Crippen LogP contribution is 2.37. The van der Waals surface area contributed by atoms with Gasteiger partial charge < -0.3 is 4.57 Å². The third-order valence-electron chi connectivity index (χ3n) is 7.26. The first-order valence-electron chi connectivity index (χ1n) is 12.7. The third kappa shape index (κ3) is 4.14. The van der Waals surface area contributed by atoms with E-state index in [9.17, 15) is 4.79 Å². The molecule has 0 saturated carbocycles. The number of carbonyl (C=O) groups is 1. The molecule has 5 aromatic rings.